The fourth-order valence-electron chi connectivity index (χ4n) is 10.2. The molecule has 12 heteroatoms. The lowest BCUT2D eigenvalue weighted by Gasteiger charge is -2.28. The number of hydrogen-bond donors (Lipinski definition) is 9. The van der Waals surface area contributed by atoms with Gasteiger partial charge in [-0.2, -0.15) is 0 Å². The van der Waals surface area contributed by atoms with Gasteiger partial charge in [-0.1, -0.05) is 60.7 Å². The van der Waals surface area contributed by atoms with E-state index >= 15 is 0 Å². The van der Waals surface area contributed by atoms with Crippen LogP contribution in [-0.4, -0.2) is 46.0 Å². The second-order valence-electron chi connectivity index (χ2n) is 17.4. The first-order chi connectivity index (χ1) is 32.8. The molecule has 0 spiro atoms. The van der Waals surface area contributed by atoms with Crippen molar-refractivity contribution in [2.75, 3.05) is 0 Å². The summed E-state index contributed by atoms with van der Waals surface area (Å²) >= 11 is 0. The molecule has 3 aliphatic rings. The van der Waals surface area contributed by atoms with Gasteiger partial charge in [-0.25, -0.2) is 0 Å². The molecule has 338 valence electrons. The molecule has 6 atom stereocenters. The molecule has 12 nitrogen and oxygen atoms in total. The predicted molar refractivity (Wildman–Crippen MR) is 251 cm³/mol. The molecule has 8 aromatic rings. The Morgan fingerprint density at radius 1 is 0.294 bits per heavy atom. The summed E-state index contributed by atoms with van der Waals surface area (Å²) in [6.45, 7) is 0. The number of fused-ring (bicyclic) bond motifs is 3. The van der Waals surface area contributed by atoms with Crippen LogP contribution in [-0.2, 0) is 0 Å². The highest BCUT2D eigenvalue weighted by atomic mass is 16.5. The quantitative estimate of drug-likeness (QED) is 0.0652. The third-order valence-electron chi connectivity index (χ3n) is 13.0. The van der Waals surface area contributed by atoms with E-state index in [1.165, 1.54) is 36.4 Å². The summed E-state index contributed by atoms with van der Waals surface area (Å²) in [5.74, 6) is -1.73. The van der Waals surface area contributed by atoms with Crippen LogP contribution < -0.4 is 14.2 Å². The average molecular weight is 907 g/mol. The number of ether oxygens (including phenoxy) is 3. The van der Waals surface area contributed by atoms with Gasteiger partial charge in [0, 0.05) is 41.0 Å². The van der Waals surface area contributed by atoms with Crippen molar-refractivity contribution in [3.8, 4) is 69.0 Å². The zero-order valence-corrected chi connectivity index (χ0v) is 35.8. The minimum Gasteiger partial charge on any atom is -0.508 e. The van der Waals surface area contributed by atoms with Crippen molar-refractivity contribution < 1.29 is 60.2 Å². The van der Waals surface area contributed by atoms with Crippen molar-refractivity contribution in [3.05, 3.63) is 213 Å². The van der Waals surface area contributed by atoms with Crippen LogP contribution in [0.4, 0.5) is 0 Å². The molecular weight excluding hydrogens is 865 g/mol. The molecule has 3 aliphatic heterocycles. The van der Waals surface area contributed by atoms with E-state index in [1.807, 2.05) is 12.2 Å². The fourth-order valence-corrected chi connectivity index (χ4v) is 10.2. The average Bonchev–Trinajstić information content (AvgIpc) is 4.01. The normalized spacial score (nSPS) is 20.0. The zero-order chi connectivity index (χ0) is 47.0. The van der Waals surface area contributed by atoms with E-state index in [1.54, 1.807) is 115 Å². The first kappa shape index (κ1) is 41.8. The number of benzene rings is 8. The van der Waals surface area contributed by atoms with Crippen LogP contribution in [0.5, 0.6) is 69.0 Å². The third-order valence-corrected chi connectivity index (χ3v) is 13.0. The van der Waals surface area contributed by atoms with E-state index in [4.69, 9.17) is 14.2 Å². The Balaban J connectivity index is 1.18. The minimum absolute atomic E-state index is 0.0267. The van der Waals surface area contributed by atoms with E-state index in [-0.39, 0.29) is 51.7 Å². The highest BCUT2D eigenvalue weighted by molar-refractivity contribution is 5.76. The standard InChI is InChI=1S/C56H42O12/c57-34-11-2-28(3-12-34)1-4-32-19-40(63)25-45-48(32)52(55(66-45)30-7-15-36(59)16-8-30)44-24-42(65)27-47-51(44)53(56(68-47)31-9-17-37(60)18-10-31)43-23-41(64)26-46-50(43)49(33-20-38(61)22-39(62)21-33)54(67-46)29-5-13-35(58)14-6-29/h1-27,49,52-65H/b4-1-/t49-,52+,53+,54+,55-,56+/m0/s1. The predicted octanol–water partition coefficient (Wildman–Crippen LogP) is 11.0. The zero-order valence-electron chi connectivity index (χ0n) is 35.8. The number of phenols is 9. The van der Waals surface area contributed by atoms with Crippen LogP contribution in [0.15, 0.2) is 152 Å². The monoisotopic (exact) mass is 906 g/mol. The molecular formula is C56H42O12. The van der Waals surface area contributed by atoms with Gasteiger partial charge in [-0.15, -0.1) is 0 Å². The van der Waals surface area contributed by atoms with Gasteiger partial charge in [0.15, 0.2) is 0 Å². The van der Waals surface area contributed by atoms with Crippen LogP contribution in [0.2, 0.25) is 0 Å². The van der Waals surface area contributed by atoms with Crippen molar-refractivity contribution in [2.45, 2.75) is 36.1 Å². The summed E-state index contributed by atoms with van der Waals surface area (Å²) in [6, 6.07) is 40.2. The van der Waals surface area contributed by atoms with Gasteiger partial charge in [0.05, 0.1) is 17.8 Å². The van der Waals surface area contributed by atoms with Gasteiger partial charge in [0.1, 0.15) is 87.3 Å². The summed E-state index contributed by atoms with van der Waals surface area (Å²) in [4.78, 5) is 0. The van der Waals surface area contributed by atoms with Crippen molar-refractivity contribution in [3.63, 3.8) is 0 Å². The molecule has 68 heavy (non-hydrogen) atoms. The van der Waals surface area contributed by atoms with Gasteiger partial charge in [-0.3, -0.25) is 0 Å². The lowest BCUT2D eigenvalue weighted by Crippen LogP contribution is -2.18. The van der Waals surface area contributed by atoms with Gasteiger partial charge in [0.25, 0.3) is 0 Å². The smallest absolute Gasteiger partial charge is 0.135 e. The van der Waals surface area contributed by atoms with Crippen LogP contribution in [0, 0.1) is 0 Å². The highest BCUT2D eigenvalue weighted by Crippen LogP contribution is 2.63. The fraction of sp³-hybridized carbons (Fsp3) is 0.107. The van der Waals surface area contributed by atoms with Crippen LogP contribution >= 0.6 is 0 Å². The van der Waals surface area contributed by atoms with Gasteiger partial charge >= 0.3 is 0 Å². The van der Waals surface area contributed by atoms with Crippen molar-refractivity contribution in [1.82, 2.24) is 0 Å². The van der Waals surface area contributed by atoms with E-state index in [0.29, 0.717) is 72.9 Å². The molecule has 0 aromatic heterocycles. The van der Waals surface area contributed by atoms with E-state index in [0.717, 1.165) is 5.56 Å². The number of rotatable bonds is 8. The second-order valence-corrected chi connectivity index (χ2v) is 17.4. The first-order valence-electron chi connectivity index (χ1n) is 21.8. The van der Waals surface area contributed by atoms with Gasteiger partial charge in [0.2, 0.25) is 0 Å². The van der Waals surface area contributed by atoms with Crippen molar-refractivity contribution in [2.24, 2.45) is 0 Å². The topological polar surface area (TPSA) is 210 Å². The molecule has 0 saturated heterocycles. The summed E-state index contributed by atoms with van der Waals surface area (Å²) in [6.07, 6.45) is 1.25. The Hall–Kier alpha value is -8.90. The van der Waals surface area contributed by atoms with Crippen LogP contribution in [0.1, 0.15) is 97.3 Å². The Labute approximate surface area is 389 Å². The summed E-state index contributed by atoms with van der Waals surface area (Å²) in [5.41, 5.74) is 6.86. The van der Waals surface area contributed by atoms with Crippen LogP contribution in [0.25, 0.3) is 12.2 Å². The number of hydrogen-bond acceptors (Lipinski definition) is 12. The summed E-state index contributed by atoms with van der Waals surface area (Å²) < 4.78 is 20.6. The molecule has 0 unspecified atom stereocenters. The van der Waals surface area contributed by atoms with E-state index in [9.17, 15) is 46.0 Å². The maximum atomic E-state index is 11.8. The lowest BCUT2D eigenvalue weighted by atomic mass is 9.73. The van der Waals surface area contributed by atoms with E-state index in [2.05, 4.69) is 0 Å². The molecule has 0 amide bonds. The summed E-state index contributed by atoms with van der Waals surface area (Å²) in [7, 11) is 0. The molecule has 8 aromatic carbocycles. The second kappa shape index (κ2) is 16.2. The number of phenolic OH excluding ortho intramolecular Hbond substituents is 9. The highest BCUT2D eigenvalue weighted by Gasteiger charge is 2.49. The van der Waals surface area contributed by atoms with Gasteiger partial charge < -0.3 is 60.2 Å². The van der Waals surface area contributed by atoms with Crippen molar-refractivity contribution >= 4 is 12.2 Å². The lowest BCUT2D eigenvalue weighted by molar-refractivity contribution is 0.219. The van der Waals surface area contributed by atoms with Crippen LogP contribution in [0.3, 0.4) is 0 Å². The summed E-state index contributed by atoms with van der Waals surface area (Å²) in [5, 5.41) is 97.7. The first-order valence-corrected chi connectivity index (χ1v) is 21.8. The Bertz CT molecular complexity index is 3250. The molecule has 9 N–H and O–H groups in total. The van der Waals surface area contributed by atoms with E-state index < -0.39 is 36.1 Å². The Morgan fingerprint density at radius 2 is 0.647 bits per heavy atom. The molecule has 0 aliphatic carbocycles. The molecule has 0 bridgehead atoms. The minimum atomic E-state index is -0.856. The van der Waals surface area contributed by atoms with Gasteiger partial charge in [-0.05, 0) is 123 Å². The Morgan fingerprint density at radius 3 is 1.10 bits per heavy atom. The molecule has 3 heterocycles. The molecule has 0 saturated carbocycles. The maximum Gasteiger partial charge on any atom is 0.135 e. The molecule has 11 rings (SSSR count). The Kier molecular flexibility index (Phi) is 9.96. The maximum absolute atomic E-state index is 11.8. The SMILES string of the molecule is Oc1ccc(/C=C\c2cc(O)cc3c2[C@@H](c2cc(O)cc4c2[C@@H](c2cc(O)cc5c2[C@H](c2cc(O)cc(O)c2)[C@@H](c2ccc(O)cc2)O5)[C@@H](c2ccc(O)cc2)O4)[C@H](c2ccc(O)cc2)O3)cc1. The third kappa shape index (κ3) is 7.37. The van der Waals surface area contributed by atoms with Crippen molar-refractivity contribution in [1.29, 1.82) is 0 Å². The number of aromatic hydroxyl groups is 9. The molecule has 0 fully saturated rings. The largest absolute Gasteiger partial charge is 0.508 e. The molecule has 0 radical (unpaired) electrons.